The van der Waals surface area contributed by atoms with Gasteiger partial charge in [-0.15, -0.1) is 0 Å². The largest absolute Gasteiger partial charge is 0.348 e. The fourth-order valence-electron chi connectivity index (χ4n) is 2.98. The molecule has 3 aromatic rings. The van der Waals surface area contributed by atoms with Gasteiger partial charge in [0.2, 0.25) is 0 Å². The van der Waals surface area contributed by atoms with E-state index in [1.54, 1.807) is 17.5 Å². The van der Waals surface area contributed by atoms with Crippen molar-refractivity contribution in [2.24, 2.45) is 0 Å². The Bertz CT molecular complexity index is 851. The maximum atomic E-state index is 12.3. The molecule has 4 rings (SSSR count). The molecule has 0 bridgehead atoms. The van der Waals surface area contributed by atoms with E-state index in [-0.39, 0.29) is 11.9 Å². The average molecular weight is 353 g/mol. The number of benzene rings is 1. The highest BCUT2D eigenvalue weighted by Gasteiger charge is 2.23. The summed E-state index contributed by atoms with van der Waals surface area (Å²) in [6.45, 7) is 3.64. The number of thiazole rings is 1. The molecule has 128 valence electrons. The Morgan fingerprint density at radius 2 is 2.00 bits per heavy atom. The number of piperidine rings is 1. The van der Waals surface area contributed by atoms with Gasteiger partial charge in [-0.25, -0.2) is 9.97 Å². The number of nitrogens with zero attached hydrogens (tertiary/aromatic N) is 4. The van der Waals surface area contributed by atoms with Gasteiger partial charge in [-0.3, -0.25) is 9.78 Å². The molecule has 3 heterocycles. The fraction of sp³-hybridized carbons (Fsp3) is 0.333. The van der Waals surface area contributed by atoms with Crippen molar-refractivity contribution in [2.75, 3.05) is 18.0 Å². The maximum absolute atomic E-state index is 12.3. The smallest absolute Gasteiger partial charge is 0.271 e. The third-order valence-electron chi connectivity index (χ3n) is 4.40. The lowest BCUT2D eigenvalue weighted by Gasteiger charge is -2.32. The van der Waals surface area contributed by atoms with Gasteiger partial charge in [0.15, 0.2) is 5.13 Å². The zero-order valence-electron chi connectivity index (χ0n) is 14.0. The van der Waals surface area contributed by atoms with Crippen LogP contribution in [0.15, 0.2) is 36.7 Å². The summed E-state index contributed by atoms with van der Waals surface area (Å²) in [6.07, 6.45) is 4.95. The van der Waals surface area contributed by atoms with Crippen LogP contribution >= 0.6 is 11.3 Å². The zero-order chi connectivity index (χ0) is 17.2. The van der Waals surface area contributed by atoms with Crippen molar-refractivity contribution in [3.63, 3.8) is 0 Å². The number of rotatable bonds is 3. The minimum atomic E-state index is -0.147. The molecule has 2 aromatic heterocycles. The summed E-state index contributed by atoms with van der Waals surface area (Å²) in [5, 5.41) is 4.13. The van der Waals surface area contributed by atoms with E-state index in [1.165, 1.54) is 10.9 Å². The predicted octanol–water partition coefficient (Wildman–Crippen LogP) is 2.79. The van der Waals surface area contributed by atoms with Crippen molar-refractivity contribution in [1.82, 2.24) is 20.3 Å². The molecule has 0 unspecified atom stereocenters. The van der Waals surface area contributed by atoms with Gasteiger partial charge < -0.3 is 10.2 Å². The first kappa shape index (κ1) is 16.0. The van der Waals surface area contributed by atoms with Crippen molar-refractivity contribution in [1.29, 1.82) is 0 Å². The zero-order valence-corrected chi connectivity index (χ0v) is 14.8. The summed E-state index contributed by atoms with van der Waals surface area (Å²) in [4.78, 5) is 27.5. The average Bonchev–Trinajstić information content (AvgIpc) is 3.07. The van der Waals surface area contributed by atoms with Crippen LogP contribution in [-0.2, 0) is 0 Å². The minimum absolute atomic E-state index is 0.147. The molecule has 0 spiro atoms. The quantitative estimate of drug-likeness (QED) is 0.784. The fourth-order valence-corrected chi connectivity index (χ4v) is 4.00. The third kappa shape index (κ3) is 3.46. The van der Waals surface area contributed by atoms with E-state index in [2.05, 4.69) is 26.3 Å². The van der Waals surface area contributed by atoms with Crippen LogP contribution in [0.4, 0.5) is 5.13 Å². The van der Waals surface area contributed by atoms with Gasteiger partial charge in [0.05, 0.1) is 22.1 Å². The van der Waals surface area contributed by atoms with Gasteiger partial charge in [-0.05, 0) is 31.9 Å². The Hall–Kier alpha value is -2.54. The molecular formula is C18H19N5OS. The van der Waals surface area contributed by atoms with Crippen LogP contribution in [-0.4, -0.2) is 40.0 Å². The second-order valence-electron chi connectivity index (χ2n) is 6.24. The number of anilines is 1. The summed E-state index contributed by atoms with van der Waals surface area (Å²) >= 11 is 1.73. The Labute approximate surface area is 149 Å². The standard InChI is InChI=1S/C18H19N5OS/c1-12-10-20-15(11-19-12)17(24)21-13-6-8-23(9-7-13)18-22-14-4-2-3-5-16(14)25-18/h2-5,10-11,13H,6-9H2,1H3,(H,21,24). The van der Waals surface area contributed by atoms with E-state index in [4.69, 9.17) is 4.98 Å². The molecule has 1 amide bonds. The van der Waals surface area contributed by atoms with Gasteiger partial charge in [-0.2, -0.15) is 0 Å². The van der Waals surface area contributed by atoms with Crippen LogP contribution in [0.3, 0.4) is 0 Å². The molecule has 7 heteroatoms. The lowest BCUT2D eigenvalue weighted by molar-refractivity contribution is 0.0925. The van der Waals surface area contributed by atoms with E-state index < -0.39 is 0 Å². The number of hydrogen-bond donors (Lipinski definition) is 1. The van der Waals surface area contributed by atoms with Gasteiger partial charge in [-0.1, -0.05) is 23.5 Å². The Kier molecular flexibility index (Phi) is 4.31. The van der Waals surface area contributed by atoms with E-state index >= 15 is 0 Å². The minimum Gasteiger partial charge on any atom is -0.348 e. The highest BCUT2D eigenvalue weighted by atomic mass is 32.1. The molecule has 1 aliphatic rings. The lowest BCUT2D eigenvalue weighted by Crippen LogP contribution is -2.44. The van der Waals surface area contributed by atoms with Crippen molar-refractivity contribution in [3.8, 4) is 0 Å². The van der Waals surface area contributed by atoms with E-state index in [9.17, 15) is 4.79 Å². The molecule has 1 aromatic carbocycles. The second kappa shape index (κ2) is 6.76. The molecule has 0 saturated carbocycles. The van der Waals surface area contributed by atoms with Gasteiger partial charge in [0, 0.05) is 25.3 Å². The molecule has 1 aliphatic heterocycles. The summed E-state index contributed by atoms with van der Waals surface area (Å²) in [5.41, 5.74) is 2.23. The molecule has 0 atom stereocenters. The van der Waals surface area contributed by atoms with E-state index in [0.717, 1.165) is 42.3 Å². The number of hydrogen-bond acceptors (Lipinski definition) is 6. The van der Waals surface area contributed by atoms with Crippen LogP contribution in [0.2, 0.25) is 0 Å². The predicted molar refractivity (Wildman–Crippen MR) is 99.1 cm³/mol. The topological polar surface area (TPSA) is 71.0 Å². The number of aryl methyl sites for hydroxylation is 1. The third-order valence-corrected chi connectivity index (χ3v) is 5.49. The first-order valence-corrected chi connectivity index (χ1v) is 9.21. The normalized spacial score (nSPS) is 15.5. The highest BCUT2D eigenvalue weighted by molar-refractivity contribution is 7.22. The molecule has 25 heavy (non-hydrogen) atoms. The van der Waals surface area contributed by atoms with Crippen molar-refractivity contribution in [2.45, 2.75) is 25.8 Å². The first-order valence-electron chi connectivity index (χ1n) is 8.39. The SMILES string of the molecule is Cc1cnc(C(=O)NC2CCN(c3nc4ccccc4s3)CC2)cn1. The number of amides is 1. The van der Waals surface area contributed by atoms with Gasteiger partial charge in [0.25, 0.3) is 5.91 Å². The lowest BCUT2D eigenvalue weighted by atomic mass is 10.1. The number of nitrogens with one attached hydrogen (secondary N) is 1. The Morgan fingerprint density at radius 3 is 2.72 bits per heavy atom. The van der Waals surface area contributed by atoms with Crippen molar-refractivity contribution < 1.29 is 4.79 Å². The van der Waals surface area contributed by atoms with Crippen LogP contribution in [0, 0.1) is 6.92 Å². The van der Waals surface area contributed by atoms with Crippen molar-refractivity contribution in [3.05, 3.63) is 48.0 Å². The van der Waals surface area contributed by atoms with E-state index in [0.29, 0.717) is 5.69 Å². The number of fused-ring (bicyclic) bond motifs is 1. The monoisotopic (exact) mass is 353 g/mol. The molecule has 1 fully saturated rings. The van der Waals surface area contributed by atoms with Crippen molar-refractivity contribution >= 4 is 32.6 Å². The molecule has 6 nitrogen and oxygen atoms in total. The maximum Gasteiger partial charge on any atom is 0.271 e. The summed E-state index contributed by atoms with van der Waals surface area (Å²) < 4.78 is 1.21. The van der Waals surface area contributed by atoms with Gasteiger partial charge in [0.1, 0.15) is 5.69 Å². The Balaban J connectivity index is 1.36. The summed E-state index contributed by atoms with van der Waals surface area (Å²) in [5.74, 6) is -0.147. The molecule has 0 radical (unpaired) electrons. The summed E-state index contributed by atoms with van der Waals surface area (Å²) in [6, 6.07) is 8.37. The van der Waals surface area contributed by atoms with E-state index in [1.807, 2.05) is 25.1 Å². The molecule has 0 aliphatic carbocycles. The molecule has 1 N–H and O–H groups in total. The first-order chi connectivity index (χ1) is 12.2. The van der Waals surface area contributed by atoms with Crippen LogP contribution in [0.5, 0.6) is 0 Å². The molecular weight excluding hydrogens is 334 g/mol. The number of para-hydroxylation sites is 1. The second-order valence-corrected chi connectivity index (χ2v) is 7.25. The number of carbonyl (C=O) groups excluding carboxylic acids is 1. The molecule has 1 saturated heterocycles. The summed E-state index contributed by atoms with van der Waals surface area (Å²) in [7, 11) is 0. The Morgan fingerprint density at radius 1 is 1.20 bits per heavy atom. The van der Waals surface area contributed by atoms with Gasteiger partial charge >= 0.3 is 0 Å². The highest BCUT2D eigenvalue weighted by Crippen LogP contribution is 2.30. The number of carbonyl (C=O) groups is 1. The van der Waals surface area contributed by atoms with Crippen LogP contribution in [0.25, 0.3) is 10.2 Å². The number of aromatic nitrogens is 3. The van der Waals surface area contributed by atoms with Crippen LogP contribution < -0.4 is 10.2 Å². The van der Waals surface area contributed by atoms with Crippen LogP contribution in [0.1, 0.15) is 29.0 Å².